The van der Waals surface area contributed by atoms with E-state index < -0.39 is 21.8 Å². The Hall–Kier alpha value is -3.27. The molecule has 0 fully saturated rings. The maximum Gasteiger partial charge on any atom is 0.271 e. The molecule has 166 valence electrons. The van der Waals surface area contributed by atoms with Gasteiger partial charge in [-0.25, -0.2) is 8.42 Å². The van der Waals surface area contributed by atoms with Crippen LogP contribution < -0.4 is 20.3 Å². The van der Waals surface area contributed by atoms with Gasteiger partial charge < -0.3 is 4.74 Å². The molecule has 0 bridgehead atoms. The fourth-order valence-corrected chi connectivity index (χ4v) is 4.08. The first-order valence-corrected chi connectivity index (χ1v) is 11.3. The number of methoxy groups -OCH3 is 1. The predicted molar refractivity (Wildman–Crippen MR) is 122 cm³/mol. The smallest absolute Gasteiger partial charge is 0.271 e. The van der Waals surface area contributed by atoms with E-state index in [1.54, 1.807) is 24.3 Å². The second-order valence-electron chi connectivity index (χ2n) is 6.39. The van der Waals surface area contributed by atoms with Crippen LogP contribution in [-0.2, 0) is 10.0 Å². The van der Waals surface area contributed by atoms with Crippen molar-refractivity contribution < 1.29 is 22.7 Å². The summed E-state index contributed by atoms with van der Waals surface area (Å²) in [5.41, 5.74) is 4.84. The van der Waals surface area contributed by atoms with Gasteiger partial charge in [-0.2, -0.15) is 0 Å². The predicted octanol–water partition coefficient (Wildman–Crippen LogP) is 3.88. The molecule has 0 unspecified atom stereocenters. The van der Waals surface area contributed by atoms with Crippen LogP contribution in [-0.4, -0.2) is 27.3 Å². The summed E-state index contributed by atoms with van der Waals surface area (Å²) in [6, 6.07) is 16.0. The number of hydrogen-bond acceptors (Lipinski definition) is 5. The van der Waals surface area contributed by atoms with Crippen molar-refractivity contribution in [2.75, 3.05) is 11.8 Å². The standard InChI is InChI=1S/C21H17Cl2N3O5S/c1-31-16-8-6-15(7-9-16)26-32(29,30)17-4-2-3-13(11-17)20(27)24-25-21(28)18-12-14(22)5-10-19(18)23/h2-12,26H,1H3,(H,24,27)(H,25,28). The fraction of sp³-hybridized carbons (Fsp3) is 0.0476. The number of ether oxygens (including phenoxy) is 1. The number of halogens is 2. The van der Waals surface area contributed by atoms with Gasteiger partial charge in [-0.1, -0.05) is 29.3 Å². The van der Waals surface area contributed by atoms with E-state index in [1.807, 2.05) is 0 Å². The van der Waals surface area contributed by atoms with E-state index in [9.17, 15) is 18.0 Å². The minimum absolute atomic E-state index is 0.0140. The van der Waals surface area contributed by atoms with Gasteiger partial charge in [0.15, 0.2) is 0 Å². The third-order valence-corrected chi connectivity index (χ3v) is 6.16. The number of benzene rings is 3. The van der Waals surface area contributed by atoms with E-state index in [4.69, 9.17) is 27.9 Å². The number of carbonyl (C=O) groups excluding carboxylic acids is 2. The van der Waals surface area contributed by atoms with E-state index in [-0.39, 0.29) is 21.0 Å². The first kappa shape index (κ1) is 23.4. The van der Waals surface area contributed by atoms with Crippen LogP contribution in [0.5, 0.6) is 5.75 Å². The van der Waals surface area contributed by atoms with Crippen LogP contribution in [0.1, 0.15) is 20.7 Å². The molecule has 8 nitrogen and oxygen atoms in total. The van der Waals surface area contributed by atoms with E-state index in [1.165, 1.54) is 49.6 Å². The topological polar surface area (TPSA) is 114 Å². The summed E-state index contributed by atoms with van der Waals surface area (Å²) in [5.74, 6) is -0.832. The van der Waals surface area contributed by atoms with Crippen LogP contribution in [0, 0.1) is 0 Å². The molecular formula is C21H17Cl2N3O5S. The summed E-state index contributed by atoms with van der Waals surface area (Å²) < 4.78 is 32.8. The van der Waals surface area contributed by atoms with Crippen molar-refractivity contribution in [3.63, 3.8) is 0 Å². The molecule has 3 aromatic rings. The monoisotopic (exact) mass is 493 g/mol. The Morgan fingerprint density at radius 2 is 1.56 bits per heavy atom. The molecule has 0 saturated carbocycles. The van der Waals surface area contributed by atoms with Crippen LogP contribution >= 0.6 is 23.2 Å². The molecule has 0 aliphatic heterocycles. The van der Waals surface area contributed by atoms with Gasteiger partial charge in [-0.15, -0.1) is 0 Å². The van der Waals surface area contributed by atoms with Gasteiger partial charge in [-0.05, 0) is 60.7 Å². The number of amides is 2. The summed E-state index contributed by atoms with van der Waals surface area (Å²) in [7, 11) is -2.46. The summed E-state index contributed by atoms with van der Waals surface area (Å²) in [6.07, 6.45) is 0. The molecule has 0 heterocycles. The van der Waals surface area contributed by atoms with Crippen molar-refractivity contribution in [2.24, 2.45) is 0 Å². The Bertz CT molecular complexity index is 1260. The highest BCUT2D eigenvalue weighted by atomic mass is 35.5. The average Bonchev–Trinajstić information content (AvgIpc) is 2.79. The zero-order chi connectivity index (χ0) is 23.3. The molecule has 2 amide bonds. The van der Waals surface area contributed by atoms with Crippen molar-refractivity contribution in [3.8, 4) is 5.75 Å². The number of rotatable bonds is 6. The number of nitrogens with one attached hydrogen (secondary N) is 3. The van der Waals surface area contributed by atoms with Gasteiger partial charge in [0.25, 0.3) is 21.8 Å². The van der Waals surface area contributed by atoms with Crippen molar-refractivity contribution >= 4 is 50.7 Å². The lowest BCUT2D eigenvalue weighted by Gasteiger charge is -2.11. The molecule has 3 aromatic carbocycles. The van der Waals surface area contributed by atoms with Crippen molar-refractivity contribution in [1.29, 1.82) is 0 Å². The van der Waals surface area contributed by atoms with Gasteiger partial charge in [0.1, 0.15) is 5.75 Å². The summed E-state index contributed by atoms with van der Waals surface area (Å²) in [5, 5.41) is 0.451. The lowest BCUT2D eigenvalue weighted by molar-refractivity contribution is 0.0846. The van der Waals surface area contributed by atoms with Gasteiger partial charge in [-0.3, -0.25) is 25.2 Å². The summed E-state index contributed by atoms with van der Waals surface area (Å²) in [4.78, 5) is 24.5. The lowest BCUT2D eigenvalue weighted by atomic mass is 10.2. The Morgan fingerprint density at radius 1 is 0.875 bits per heavy atom. The van der Waals surface area contributed by atoms with E-state index >= 15 is 0 Å². The Kier molecular flexibility index (Phi) is 7.24. The summed E-state index contributed by atoms with van der Waals surface area (Å²) in [6.45, 7) is 0. The van der Waals surface area contributed by atoms with E-state index in [0.717, 1.165) is 0 Å². The normalized spacial score (nSPS) is 10.8. The average molecular weight is 494 g/mol. The van der Waals surface area contributed by atoms with Gasteiger partial charge in [0, 0.05) is 16.3 Å². The summed E-state index contributed by atoms with van der Waals surface area (Å²) >= 11 is 11.8. The molecule has 3 rings (SSSR count). The number of hydrogen-bond donors (Lipinski definition) is 3. The molecule has 0 saturated heterocycles. The first-order valence-electron chi connectivity index (χ1n) is 9.02. The quantitative estimate of drug-likeness (QED) is 0.451. The van der Waals surface area contributed by atoms with Crippen LogP contribution in [0.2, 0.25) is 10.0 Å². The van der Waals surface area contributed by atoms with Crippen molar-refractivity contribution in [2.45, 2.75) is 4.90 Å². The minimum Gasteiger partial charge on any atom is -0.497 e. The number of hydrazine groups is 1. The van der Waals surface area contributed by atoms with Crippen molar-refractivity contribution in [1.82, 2.24) is 10.9 Å². The molecule has 0 spiro atoms. The van der Waals surface area contributed by atoms with E-state index in [0.29, 0.717) is 16.5 Å². The first-order chi connectivity index (χ1) is 15.2. The highest BCUT2D eigenvalue weighted by Gasteiger charge is 2.18. The largest absolute Gasteiger partial charge is 0.497 e. The van der Waals surface area contributed by atoms with Gasteiger partial charge >= 0.3 is 0 Å². The molecule has 3 N–H and O–H groups in total. The highest BCUT2D eigenvalue weighted by Crippen LogP contribution is 2.21. The van der Waals surface area contributed by atoms with Crippen molar-refractivity contribution in [3.05, 3.63) is 87.9 Å². The molecule has 0 aliphatic carbocycles. The molecule has 0 aliphatic rings. The molecule has 0 aromatic heterocycles. The highest BCUT2D eigenvalue weighted by molar-refractivity contribution is 7.92. The fourth-order valence-electron chi connectivity index (χ4n) is 2.60. The van der Waals surface area contributed by atoms with Crippen LogP contribution in [0.4, 0.5) is 5.69 Å². The second kappa shape index (κ2) is 9.90. The molecule has 32 heavy (non-hydrogen) atoms. The number of anilines is 1. The Balaban J connectivity index is 1.70. The van der Waals surface area contributed by atoms with Gasteiger partial charge in [0.2, 0.25) is 0 Å². The lowest BCUT2D eigenvalue weighted by Crippen LogP contribution is -2.41. The maximum absolute atomic E-state index is 12.7. The third kappa shape index (κ3) is 5.70. The molecular weight excluding hydrogens is 477 g/mol. The van der Waals surface area contributed by atoms with Crippen LogP contribution in [0.15, 0.2) is 71.6 Å². The number of carbonyl (C=O) groups is 2. The Labute approximate surface area is 194 Å². The molecule has 11 heteroatoms. The second-order valence-corrected chi connectivity index (χ2v) is 8.92. The number of sulfonamides is 1. The Morgan fingerprint density at radius 3 is 2.25 bits per heavy atom. The molecule has 0 atom stereocenters. The van der Waals surface area contributed by atoms with Crippen LogP contribution in [0.3, 0.4) is 0 Å². The zero-order valence-electron chi connectivity index (χ0n) is 16.6. The maximum atomic E-state index is 12.7. The van der Waals surface area contributed by atoms with E-state index in [2.05, 4.69) is 15.6 Å². The minimum atomic E-state index is -3.96. The van der Waals surface area contributed by atoms with Crippen LogP contribution in [0.25, 0.3) is 0 Å². The zero-order valence-corrected chi connectivity index (χ0v) is 18.9. The third-order valence-electron chi connectivity index (χ3n) is 4.21. The SMILES string of the molecule is COc1ccc(NS(=O)(=O)c2cccc(C(=O)NNC(=O)c3cc(Cl)ccc3Cl)c2)cc1. The van der Waals surface area contributed by atoms with Gasteiger partial charge in [0.05, 0.1) is 22.6 Å². The molecule has 0 radical (unpaired) electrons.